The maximum atomic E-state index is 4.98. The molecule has 9 heavy (non-hydrogen) atoms. The molecule has 46 valence electrons. The number of rotatable bonds is 2. The SMILES string of the molecule is C#CN/C=C\C=C=CN. The summed E-state index contributed by atoms with van der Waals surface area (Å²) in [6.45, 7) is 0. The molecule has 0 fully saturated rings. The van der Waals surface area contributed by atoms with Gasteiger partial charge in [-0.3, -0.25) is 0 Å². The third kappa shape index (κ3) is 6.42. The van der Waals surface area contributed by atoms with Gasteiger partial charge < -0.3 is 11.1 Å². The Morgan fingerprint density at radius 1 is 1.56 bits per heavy atom. The molecule has 0 atom stereocenters. The molecule has 0 spiro atoms. The number of nitrogens with one attached hydrogen (secondary N) is 1. The molecule has 0 unspecified atom stereocenters. The van der Waals surface area contributed by atoms with E-state index in [0.29, 0.717) is 0 Å². The minimum Gasteiger partial charge on any atom is -0.398 e. The highest BCUT2D eigenvalue weighted by Crippen LogP contribution is 1.67. The molecule has 0 aliphatic rings. The van der Waals surface area contributed by atoms with Crippen LogP contribution in [0.3, 0.4) is 0 Å². The third-order valence-corrected chi connectivity index (χ3v) is 0.552. The quantitative estimate of drug-likeness (QED) is 0.238. The Morgan fingerprint density at radius 2 is 2.33 bits per heavy atom. The summed E-state index contributed by atoms with van der Waals surface area (Å²) in [4.78, 5) is 0. The number of terminal acetylenes is 1. The first-order valence-corrected chi connectivity index (χ1v) is 2.40. The van der Waals surface area contributed by atoms with Crippen molar-refractivity contribution in [3.63, 3.8) is 0 Å². The van der Waals surface area contributed by atoms with Crippen molar-refractivity contribution in [2.24, 2.45) is 5.73 Å². The number of hydrogen-bond acceptors (Lipinski definition) is 2. The molecule has 0 saturated heterocycles. The average molecular weight is 120 g/mol. The highest BCUT2D eigenvalue weighted by atomic mass is 14.8. The van der Waals surface area contributed by atoms with E-state index in [9.17, 15) is 0 Å². The van der Waals surface area contributed by atoms with Crippen LogP contribution in [0.2, 0.25) is 0 Å². The molecule has 0 aromatic heterocycles. The van der Waals surface area contributed by atoms with Gasteiger partial charge in [0.1, 0.15) is 0 Å². The van der Waals surface area contributed by atoms with Gasteiger partial charge in [-0.2, -0.15) is 0 Å². The summed E-state index contributed by atoms with van der Waals surface area (Å²) < 4.78 is 0. The van der Waals surface area contributed by atoms with Gasteiger partial charge in [0.15, 0.2) is 0 Å². The van der Waals surface area contributed by atoms with Crippen molar-refractivity contribution in [1.82, 2.24) is 5.32 Å². The molecule has 0 heterocycles. The molecule has 3 N–H and O–H groups in total. The van der Waals surface area contributed by atoms with Crippen LogP contribution in [0.5, 0.6) is 0 Å². The van der Waals surface area contributed by atoms with Gasteiger partial charge in [-0.05, 0) is 12.2 Å². The summed E-state index contributed by atoms with van der Waals surface area (Å²) in [5.41, 5.74) is 7.62. The Balaban J connectivity index is 3.50. The van der Waals surface area contributed by atoms with Crippen molar-refractivity contribution in [2.75, 3.05) is 0 Å². The Bertz CT molecular complexity index is 178. The second-order valence-corrected chi connectivity index (χ2v) is 1.15. The molecule has 0 saturated carbocycles. The first-order valence-electron chi connectivity index (χ1n) is 2.40. The predicted octanol–water partition coefficient (Wildman–Crippen LogP) is 0.308. The highest BCUT2D eigenvalue weighted by Gasteiger charge is 1.57. The average Bonchev–Trinajstić information content (AvgIpc) is 1.89. The molecule has 2 heteroatoms. The van der Waals surface area contributed by atoms with Crippen LogP contribution in [0, 0.1) is 12.5 Å². The molecule has 2 nitrogen and oxygen atoms in total. The molecule has 0 aliphatic carbocycles. The summed E-state index contributed by atoms with van der Waals surface area (Å²) in [5.74, 6) is 0. The Labute approximate surface area is 54.7 Å². The van der Waals surface area contributed by atoms with Crippen molar-refractivity contribution in [3.8, 4) is 12.5 Å². The van der Waals surface area contributed by atoms with Gasteiger partial charge in [-0.25, -0.2) is 0 Å². The largest absolute Gasteiger partial charge is 0.398 e. The van der Waals surface area contributed by atoms with Crippen molar-refractivity contribution in [2.45, 2.75) is 0 Å². The van der Waals surface area contributed by atoms with Crippen LogP contribution in [-0.4, -0.2) is 0 Å². The summed E-state index contributed by atoms with van der Waals surface area (Å²) in [7, 11) is 0. The molecule has 0 bridgehead atoms. The van der Waals surface area contributed by atoms with Gasteiger partial charge in [0, 0.05) is 18.4 Å². The summed E-state index contributed by atoms with van der Waals surface area (Å²) in [6, 6.07) is 2.22. The minimum absolute atomic E-state index is 1.32. The topological polar surface area (TPSA) is 38.0 Å². The fourth-order valence-corrected chi connectivity index (χ4v) is 0.255. The van der Waals surface area contributed by atoms with Crippen LogP contribution < -0.4 is 11.1 Å². The molecule has 0 radical (unpaired) electrons. The van der Waals surface area contributed by atoms with E-state index in [2.05, 4.69) is 17.1 Å². The summed E-state index contributed by atoms with van der Waals surface area (Å²) in [5, 5.41) is 2.53. The smallest absolute Gasteiger partial charge is 0.0371 e. The van der Waals surface area contributed by atoms with E-state index in [1.807, 2.05) is 0 Å². The zero-order valence-electron chi connectivity index (χ0n) is 4.96. The van der Waals surface area contributed by atoms with Gasteiger partial charge in [0.05, 0.1) is 0 Å². The van der Waals surface area contributed by atoms with E-state index in [1.54, 1.807) is 18.4 Å². The lowest BCUT2D eigenvalue weighted by Crippen LogP contribution is -1.88. The molecule has 0 aromatic rings. The first-order chi connectivity index (χ1) is 4.41. The zero-order chi connectivity index (χ0) is 6.95. The maximum Gasteiger partial charge on any atom is 0.0371 e. The van der Waals surface area contributed by atoms with Gasteiger partial charge in [-0.15, -0.1) is 5.73 Å². The van der Waals surface area contributed by atoms with Gasteiger partial charge in [-0.1, -0.05) is 6.42 Å². The molecular formula is C7H8N2. The number of nitrogens with two attached hydrogens (primary N) is 1. The van der Waals surface area contributed by atoms with Crippen LogP contribution in [0.4, 0.5) is 0 Å². The normalized spacial score (nSPS) is 7.44. The second kappa shape index (κ2) is 6.42. The second-order valence-electron chi connectivity index (χ2n) is 1.15. The highest BCUT2D eigenvalue weighted by molar-refractivity contribution is 5.03. The Kier molecular flexibility index (Phi) is 5.29. The van der Waals surface area contributed by atoms with Crippen molar-refractivity contribution in [1.29, 1.82) is 0 Å². The standard InChI is InChI=1S/C7H8N2/c1-2-9-7-5-3-4-6-8/h1,3,5-7,9H,8H2/b7-5-. The van der Waals surface area contributed by atoms with Gasteiger partial charge in [0.25, 0.3) is 0 Å². The van der Waals surface area contributed by atoms with E-state index >= 15 is 0 Å². The van der Waals surface area contributed by atoms with Crippen LogP contribution >= 0.6 is 0 Å². The van der Waals surface area contributed by atoms with E-state index in [1.165, 1.54) is 6.20 Å². The fourth-order valence-electron chi connectivity index (χ4n) is 0.255. The Morgan fingerprint density at radius 3 is 2.89 bits per heavy atom. The third-order valence-electron chi connectivity index (χ3n) is 0.552. The molecule has 0 rings (SSSR count). The number of hydrogen-bond donors (Lipinski definition) is 2. The molecular weight excluding hydrogens is 112 g/mol. The van der Waals surface area contributed by atoms with Crippen molar-refractivity contribution in [3.05, 3.63) is 30.3 Å². The van der Waals surface area contributed by atoms with E-state index < -0.39 is 0 Å². The van der Waals surface area contributed by atoms with Crippen LogP contribution in [0.1, 0.15) is 0 Å². The molecule has 0 aromatic carbocycles. The van der Waals surface area contributed by atoms with E-state index in [4.69, 9.17) is 12.2 Å². The number of allylic oxidation sites excluding steroid dienone is 2. The molecule has 0 amide bonds. The lowest BCUT2D eigenvalue weighted by molar-refractivity contribution is 1.26. The summed E-state index contributed by atoms with van der Waals surface area (Å²) in [6.07, 6.45) is 11.1. The van der Waals surface area contributed by atoms with Crippen molar-refractivity contribution < 1.29 is 0 Å². The first kappa shape index (κ1) is 7.42. The Hall–Kier alpha value is -1.58. The van der Waals surface area contributed by atoms with Crippen LogP contribution in [0.25, 0.3) is 0 Å². The molecule has 0 aliphatic heterocycles. The minimum atomic E-state index is 1.32. The van der Waals surface area contributed by atoms with E-state index in [0.717, 1.165) is 0 Å². The fraction of sp³-hybridized carbons (Fsp3) is 0. The van der Waals surface area contributed by atoms with Crippen molar-refractivity contribution >= 4 is 0 Å². The van der Waals surface area contributed by atoms with Gasteiger partial charge in [0.2, 0.25) is 0 Å². The summed E-state index contributed by atoms with van der Waals surface area (Å²) >= 11 is 0. The van der Waals surface area contributed by atoms with Crippen LogP contribution in [-0.2, 0) is 0 Å². The predicted molar refractivity (Wildman–Crippen MR) is 37.9 cm³/mol. The lowest BCUT2D eigenvalue weighted by atomic mass is 10.5. The monoisotopic (exact) mass is 120 g/mol. The zero-order valence-corrected chi connectivity index (χ0v) is 4.96. The van der Waals surface area contributed by atoms with Gasteiger partial charge >= 0.3 is 0 Å². The lowest BCUT2D eigenvalue weighted by Gasteiger charge is -1.76. The van der Waals surface area contributed by atoms with E-state index in [-0.39, 0.29) is 0 Å². The van der Waals surface area contributed by atoms with Crippen LogP contribution in [0.15, 0.2) is 30.3 Å². The maximum absolute atomic E-state index is 4.98.